The van der Waals surface area contributed by atoms with E-state index in [1.807, 2.05) is 6.92 Å². The first kappa shape index (κ1) is 22.9. The van der Waals surface area contributed by atoms with Gasteiger partial charge in [0.25, 0.3) is 12.4 Å². The number of H-pyrrole nitrogens is 1. The van der Waals surface area contributed by atoms with Crippen LogP contribution in [0.3, 0.4) is 0 Å². The van der Waals surface area contributed by atoms with E-state index in [0.717, 1.165) is 31.0 Å². The van der Waals surface area contributed by atoms with E-state index in [-0.39, 0.29) is 37.0 Å². The Hall–Kier alpha value is -2.39. The lowest BCUT2D eigenvalue weighted by atomic mass is 10.1. The number of carbonyl (C=O) groups is 3. The Bertz CT molecular complexity index is 674. The number of nitrogens with zero attached hydrogens (tertiary/aromatic N) is 1. The molecule has 1 saturated carbocycles. The Balaban J connectivity index is 0.000000941. The molecule has 3 rings (SSSR count). The lowest BCUT2D eigenvalue weighted by molar-refractivity contribution is -0.123. The van der Waals surface area contributed by atoms with Crippen LogP contribution in [0.2, 0.25) is 0 Å². The number of carbonyl (C=O) groups excluding carboxylic acids is 2. The van der Waals surface area contributed by atoms with Gasteiger partial charge in [0.2, 0.25) is 5.91 Å². The fraction of sp³-hybridized carbons (Fsp3) is 0.650. The summed E-state index contributed by atoms with van der Waals surface area (Å²) >= 11 is 0. The van der Waals surface area contributed by atoms with Gasteiger partial charge in [-0.1, -0.05) is 0 Å². The average molecular weight is 408 g/mol. The molecular formula is C20H32N4O5. The number of aromatic amines is 1. The van der Waals surface area contributed by atoms with Crippen LogP contribution in [0.25, 0.3) is 0 Å². The SMILES string of the molecule is Cc1[nH]ccc1C(=O)NC[C@@H]1CC[C@H](CC(=O)NCCO)N1CC1CC1.O=CO. The van der Waals surface area contributed by atoms with Crippen molar-refractivity contribution in [2.24, 2.45) is 5.92 Å². The summed E-state index contributed by atoms with van der Waals surface area (Å²) in [5.41, 5.74) is 1.57. The van der Waals surface area contributed by atoms with Crippen LogP contribution in [0.4, 0.5) is 0 Å². The molecule has 0 radical (unpaired) electrons. The van der Waals surface area contributed by atoms with Crippen molar-refractivity contribution in [1.29, 1.82) is 0 Å². The molecule has 2 aliphatic rings. The molecule has 1 aromatic heterocycles. The molecule has 0 unspecified atom stereocenters. The first-order valence-electron chi connectivity index (χ1n) is 10.1. The molecule has 0 spiro atoms. The summed E-state index contributed by atoms with van der Waals surface area (Å²) in [6.07, 6.45) is 6.75. The van der Waals surface area contributed by atoms with Gasteiger partial charge in [0, 0.05) is 50.0 Å². The van der Waals surface area contributed by atoms with Gasteiger partial charge in [0.05, 0.1) is 12.2 Å². The Labute approximate surface area is 170 Å². The number of aliphatic hydroxyl groups excluding tert-OH is 1. The minimum atomic E-state index is -0.250. The van der Waals surface area contributed by atoms with Crippen LogP contribution in [0.5, 0.6) is 0 Å². The average Bonchev–Trinajstić information content (AvgIpc) is 3.29. The number of aromatic nitrogens is 1. The zero-order valence-corrected chi connectivity index (χ0v) is 16.9. The van der Waals surface area contributed by atoms with Gasteiger partial charge in [0.15, 0.2) is 0 Å². The number of hydrogen-bond acceptors (Lipinski definition) is 5. The van der Waals surface area contributed by atoms with Crippen molar-refractivity contribution in [3.8, 4) is 0 Å². The van der Waals surface area contributed by atoms with E-state index in [1.54, 1.807) is 12.3 Å². The van der Waals surface area contributed by atoms with Crippen molar-refractivity contribution in [3.05, 3.63) is 23.5 Å². The number of likely N-dealkylation sites (tertiary alicyclic amines) is 1. The van der Waals surface area contributed by atoms with Gasteiger partial charge >= 0.3 is 0 Å². The highest BCUT2D eigenvalue weighted by Crippen LogP contribution is 2.35. The van der Waals surface area contributed by atoms with E-state index in [9.17, 15) is 9.59 Å². The summed E-state index contributed by atoms with van der Waals surface area (Å²) in [5.74, 6) is 0.693. The zero-order chi connectivity index (χ0) is 21.2. The van der Waals surface area contributed by atoms with Crippen molar-refractivity contribution in [3.63, 3.8) is 0 Å². The van der Waals surface area contributed by atoms with E-state index >= 15 is 0 Å². The van der Waals surface area contributed by atoms with E-state index in [4.69, 9.17) is 15.0 Å². The molecule has 162 valence electrons. The highest BCUT2D eigenvalue weighted by Gasteiger charge is 2.38. The van der Waals surface area contributed by atoms with Gasteiger partial charge in [-0.25, -0.2) is 0 Å². The molecule has 2 atom stereocenters. The topological polar surface area (TPSA) is 135 Å². The van der Waals surface area contributed by atoms with E-state index in [0.29, 0.717) is 25.1 Å². The number of rotatable bonds is 9. The Kier molecular flexibility index (Phi) is 9.14. The van der Waals surface area contributed by atoms with Crippen LogP contribution in [-0.4, -0.2) is 76.7 Å². The lowest BCUT2D eigenvalue weighted by Crippen LogP contribution is -2.45. The fourth-order valence-electron chi connectivity index (χ4n) is 3.84. The molecule has 0 bridgehead atoms. The Morgan fingerprint density at radius 1 is 1.24 bits per heavy atom. The number of aliphatic hydroxyl groups is 1. The standard InChI is InChI=1S/C19H30N4O3.CH2O2/c1-13-17(6-7-20-13)19(26)22-11-16-5-4-15(10-18(25)21-8-9-24)23(16)12-14-2-3-14;2-1-3/h6-7,14-16,20,24H,2-5,8-12H2,1H3,(H,21,25)(H,22,26);1H,(H,2,3)/t15-,16+;/m1./s1. The maximum Gasteiger partial charge on any atom is 0.290 e. The van der Waals surface area contributed by atoms with Gasteiger partial charge in [-0.05, 0) is 44.6 Å². The van der Waals surface area contributed by atoms with Crippen LogP contribution in [0.1, 0.15) is 48.2 Å². The normalized spacial score (nSPS) is 21.2. The Morgan fingerprint density at radius 2 is 1.93 bits per heavy atom. The van der Waals surface area contributed by atoms with Gasteiger partial charge in [-0.2, -0.15) is 0 Å². The van der Waals surface area contributed by atoms with E-state index in [2.05, 4.69) is 20.5 Å². The maximum atomic E-state index is 12.4. The Morgan fingerprint density at radius 3 is 2.52 bits per heavy atom. The summed E-state index contributed by atoms with van der Waals surface area (Å²) < 4.78 is 0. The minimum absolute atomic E-state index is 0.00233. The maximum absolute atomic E-state index is 12.4. The quantitative estimate of drug-likeness (QED) is 0.378. The summed E-state index contributed by atoms with van der Waals surface area (Å²) in [5, 5.41) is 21.6. The molecule has 29 heavy (non-hydrogen) atoms. The summed E-state index contributed by atoms with van der Waals surface area (Å²) in [6, 6.07) is 2.31. The largest absolute Gasteiger partial charge is 0.483 e. The molecule has 5 N–H and O–H groups in total. The van der Waals surface area contributed by atoms with Gasteiger partial charge in [-0.15, -0.1) is 0 Å². The van der Waals surface area contributed by atoms with E-state index < -0.39 is 0 Å². The molecule has 1 aliphatic heterocycles. The smallest absolute Gasteiger partial charge is 0.290 e. The first-order chi connectivity index (χ1) is 14.0. The molecular weight excluding hydrogens is 376 g/mol. The molecule has 2 fully saturated rings. The number of carboxylic acid groups (broad SMARTS) is 1. The summed E-state index contributed by atoms with van der Waals surface area (Å²) in [4.78, 5) is 38.2. The number of nitrogens with one attached hydrogen (secondary N) is 3. The van der Waals surface area contributed by atoms with Crippen LogP contribution in [-0.2, 0) is 9.59 Å². The van der Waals surface area contributed by atoms with Crippen LogP contribution < -0.4 is 10.6 Å². The molecule has 1 saturated heterocycles. The van der Waals surface area contributed by atoms with Crippen LogP contribution >= 0.6 is 0 Å². The van der Waals surface area contributed by atoms with Gasteiger partial charge in [0.1, 0.15) is 0 Å². The van der Waals surface area contributed by atoms with Crippen molar-refractivity contribution >= 4 is 18.3 Å². The van der Waals surface area contributed by atoms with Gasteiger partial charge in [-0.3, -0.25) is 19.3 Å². The number of hydrogen-bond donors (Lipinski definition) is 5. The van der Waals surface area contributed by atoms with Gasteiger partial charge < -0.3 is 25.8 Å². The molecule has 2 amide bonds. The number of aryl methyl sites for hydroxylation is 1. The molecule has 9 heteroatoms. The third kappa shape index (κ3) is 7.17. The predicted octanol–water partition coefficient (Wildman–Crippen LogP) is 0.495. The third-order valence-corrected chi connectivity index (χ3v) is 5.49. The molecule has 1 aromatic rings. The number of amides is 2. The second kappa shape index (κ2) is 11.6. The van der Waals surface area contributed by atoms with Crippen molar-refractivity contribution in [2.45, 2.75) is 51.1 Å². The summed E-state index contributed by atoms with van der Waals surface area (Å²) in [6.45, 7) is 3.55. The van der Waals surface area contributed by atoms with Crippen LogP contribution in [0.15, 0.2) is 12.3 Å². The predicted molar refractivity (Wildman–Crippen MR) is 108 cm³/mol. The van der Waals surface area contributed by atoms with Crippen molar-refractivity contribution < 1.29 is 24.6 Å². The first-order valence-corrected chi connectivity index (χ1v) is 10.1. The zero-order valence-electron chi connectivity index (χ0n) is 16.9. The highest BCUT2D eigenvalue weighted by molar-refractivity contribution is 5.95. The van der Waals surface area contributed by atoms with Crippen molar-refractivity contribution in [1.82, 2.24) is 20.5 Å². The molecule has 0 aromatic carbocycles. The fourth-order valence-corrected chi connectivity index (χ4v) is 3.84. The highest BCUT2D eigenvalue weighted by atomic mass is 16.3. The molecule has 2 heterocycles. The minimum Gasteiger partial charge on any atom is -0.483 e. The van der Waals surface area contributed by atoms with E-state index in [1.165, 1.54) is 12.8 Å². The van der Waals surface area contributed by atoms with Crippen molar-refractivity contribution in [2.75, 3.05) is 26.2 Å². The lowest BCUT2D eigenvalue weighted by Gasteiger charge is -2.30. The second-order valence-electron chi connectivity index (χ2n) is 7.63. The second-order valence-corrected chi connectivity index (χ2v) is 7.63. The molecule has 1 aliphatic carbocycles. The monoisotopic (exact) mass is 408 g/mol. The summed E-state index contributed by atoms with van der Waals surface area (Å²) in [7, 11) is 0. The van der Waals surface area contributed by atoms with Crippen LogP contribution in [0, 0.1) is 12.8 Å². The third-order valence-electron chi connectivity index (χ3n) is 5.49. The molecule has 9 nitrogen and oxygen atoms in total.